The van der Waals surface area contributed by atoms with Crippen LogP contribution in [0, 0.1) is 0 Å². The summed E-state index contributed by atoms with van der Waals surface area (Å²) in [7, 11) is -1.47. The molecule has 24 heavy (non-hydrogen) atoms. The average Bonchev–Trinajstić information content (AvgIpc) is 3.12. The number of amides is 1. The molecular weight excluding hydrogens is 346 g/mol. The van der Waals surface area contributed by atoms with Crippen molar-refractivity contribution in [3.8, 4) is 5.75 Å². The third-order valence-corrected chi connectivity index (χ3v) is 6.05. The SMILES string of the molecule is O=C1C=C(c2ccc(O[C@@H]3CCC4=C3CCC=C4Cl)cc2)S(=O)N1. The molecule has 1 heterocycles. The summed E-state index contributed by atoms with van der Waals surface area (Å²) in [4.78, 5) is 11.8. The predicted octanol–water partition coefficient (Wildman–Crippen LogP) is 3.58. The molecule has 1 aliphatic heterocycles. The number of hydrogen-bond acceptors (Lipinski definition) is 3. The molecule has 0 radical (unpaired) electrons. The first-order chi connectivity index (χ1) is 11.6. The zero-order valence-electron chi connectivity index (χ0n) is 12.9. The molecule has 1 amide bonds. The van der Waals surface area contributed by atoms with Gasteiger partial charge in [0.15, 0.2) is 11.0 Å². The molecule has 0 spiro atoms. The normalized spacial score (nSPS) is 26.0. The summed E-state index contributed by atoms with van der Waals surface area (Å²) < 4.78 is 20.3. The van der Waals surface area contributed by atoms with E-state index in [0.29, 0.717) is 4.91 Å². The second kappa shape index (κ2) is 6.22. The van der Waals surface area contributed by atoms with Crippen molar-refractivity contribution in [3.63, 3.8) is 0 Å². The lowest BCUT2D eigenvalue weighted by Crippen LogP contribution is -2.17. The van der Waals surface area contributed by atoms with Crippen molar-refractivity contribution < 1.29 is 13.7 Å². The van der Waals surface area contributed by atoms with E-state index in [9.17, 15) is 9.00 Å². The van der Waals surface area contributed by atoms with Crippen LogP contribution in [0.3, 0.4) is 0 Å². The predicted molar refractivity (Wildman–Crippen MR) is 94.6 cm³/mol. The van der Waals surface area contributed by atoms with E-state index in [-0.39, 0.29) is 12.0 Å². The molecule has 1 unspecified atom stereocenters. The molecule has 0 bridgehead atoms. The number of benzene rings is 1. The third kappa shape index (κ3) is 2.82. The Kier molecular flexibility index (Phi) is 4.06. The van der Waals surface area contributed by atoms with Crippen molar-refractivity contribution in [2.24, 2.45) is 0 Å². The largest absolute Gasteiger partial charge is 0.486 e. The Hall–Kier alpha value is -1.85. The Morgan fingerprint density at radius 3 is 2.71 bits per heavy atom. The van der Waals surface area contributed by atoms with E-state index in [1.54, 1.807) is 0 Å². The topological polar surface area (TPSA) is 55.4 Å². The maximum atomic E-state index is 11.8. The van der Waals surface area contributed by atoms with Crippen LogP contribution in [-0.4, -0.2) is 16.2 Å². The Morgan fingerprint density at radius 1 is 1.21 bits per heavy atom. The molecule has 0 aromatic heterocycles. The molecule has 0 saturated carbocycles. The van der Waals surface area contributed by atoms with Crippen LogP contribution in [0.2, 0.25) is 0 Å². The Morgan fingerprint density at radius 2 is 2.00 bits per heavy atom. The van der Waals surface area contributed by atoms with Crippen molar-refractivity contribution in [2.75, 3.05) is 0 Å². The van der Waals surface area contributed by atoms with Crippen LogP contribution in [0.1, 0.15) is 31.2 Å². The van der Waals surface area contributed by atoms with Crippen LogP contribution >= 0.6 is 11.6 Å². The average molecular weight is 362 g/mol. The molecule has 1 N–H and O–H groups in total. The molecule has 0 fully saturated rings. The number of carbonyl (C=O) groups excluding carboxylic acids is 1. The first kappa shape index (κ1) is 15.7. The van der Waals surface area contributed by atoms with Crippen molar-refractivity contribution >= 4 is 33.4 Å². The second-order valence-corrected chi connectivity index (χ2v) is 7.60. The highest BCUT2D eigenvalue weighted by Crippen LogP contribution is 2.41. The molecule has 0 saturated heterocycles. The van der Waals surface area contributed by atoms with Crippen molar-refractivity contribution in [3.05, 3.63) is 58.2 Å². The van der Waals surface area contributed by atoms with Gasteiger partial charge in [0.1, 0.15) is 11.9 Å². The van der Waals surface area contributed by atoms with Gasteiger partial charge in [-0.15, -0.1) is 0 Å². The Bertz CT molecular complexity index is 823. The molecule has 4 nitrogen and oxygen atoms in total. The zero-order valence-corrected chi connectivity index (χ0v) is 14.5. The third-order valence-electron chi connectivity index (χ3n) is 4.53. The monoisotopic (exact) mass is 361 g/mol. The highest BCUT2D eigenvalue weighted by atomic mass is 35.5. The molecule has 3 aliphatic rings. The fourth-order valence-electron chi connectivity index (χ4n) is 3.40. The Balaban J connectivity index is 1.51. The maximum absolute atomic E-state index is 11.8. The number of halogens is 1. The molecule has 1 aromatic carbocycles. The summed E-state index contributed by atoms with van der Waals surface area (Å²) in [5.74, 6) is 0.447. The van der Waals surface area contributed by atoms with E-state index in [1.165, 1.54) is 17.2 Å². The number of rotatable bonds is 3. The van der Waals surface area contributed by atoms with Gasteiger partial charge in [-0.05, 0) is 54.5 Å². The smallest absolute Gasteiger partial charge is 0.257 e. The summed E-state index contributed by atoms with van der Waals surface area (Å²) in [6.45, 7) is 0. The number of nitrogens with one attached hydrogen (secondary N) is 1. The number of allylic oxidation sites excluding steroid dienone is 3. The first-order valence-corrected chi connectivity index (χ1v) is 9.44. The molecule has 6 heteroatoms. The van der Waals surface area contributed by atoms with Gasteiger partial charge in [0.25, 0.3) is 5.91 Å². The van der Waals surface area contributed by atoms with Crippen LogP contribution in [0.15, 0.2) is 52.6 Å². The Labute approximate surface area is 147 Å². The lowest BCUT2D eigenvalue weighted by molar-refractivity contribution is -0.114. The molecule has 1 aromatic rings. The van der Waals surface area contributed by atoms with Gasteiger partial charge in [0, 0.05) is 11.1 Å². The molecule has 2 atom stereocenters. The second-order valence-electron chi connectivity index (χ2n) is 6.01. The van der Waals surface area contributed by atoms with E-state index in [1.807, 2.05) is 24.3 Å². The lowest BCUT2D eigenvalue weighted by Gasteiger charge is -2.20. The van der Waals surface area contributed by atoms with Crippen LogP contribution in [0.4, 0.5) is 0 Å². The van der Waals surface area contributed by atoms with Gasteiger partial charge in [-0.3, -0.25) is 9.52 Å². The van der Waals surface area contributed by atoms with Crippen molar-refractivity contribution in [1.29, 1.82) is 0 Å². The quantitative estimate of drug-likeness (QED) is 0.895. The number of ether oxygens (including phenoxy) is 1. The molecule has 124 valence electrons. The van der Waals surface area contributed by atoms with Gasteiger partial charge in [-0.1, -0.05) is 29.8 Å². The standard InChI is InChI=1S/C18H16ClNO3S/c19-15-3-1-2-14-13(15)8-9-16(14)23-12-6-4-11(5-7-12)17-10-18(21)20-24(17)22/h3-7,10,16H,1-2,8-9H2,(H,20,21)/t16-,24?/m1/s1. The van der Waals surface area contributed by atoms with Gasteiger partial charge < -0.3 is 4.74 Å². The van der Waals surface area contributed by atoms with Gasteiger partial charge in [-0.25, -0.2) is 4.21 Å². The van der Waals surface area contributed by atoms with Gasteiger partial charge in [0.2, 0.25) is 0 Å². The van der Waals surface area contributed by atoms with Crippen LogP contribution in [0.25, 0.3) is 4.91 Å². The summed E-state index contributed by atoms with van der Waals surface area (Å²) >= 11 is 6.28. The lowest BCUT2D eigenvalue weighted by atomic mass is 9.99. The summed E-state index contributed by atoms with van der Waals surface area (Å²) in [6, 6.07) is 7.37. The molecular formula is C18H16ClNO3S. The fourth-order valence-corrected chi connectivity index (χ4v) is 4.64. The van der Waals surface area contributed by atoms with E-state index in [2.05, 4.69) is 10.8 Å². The molecule has 4 rings (SSSR count). The number of carbonyl (C=O) groups is 1. The zero-order chi connectivity index (χ0) is 16.7. The van der Waals surface area contributed by atoms with Gasteiger partial charge in [0.05, 0.1) is 4.91 Å². The first-order valence-electron chi connectivity index (χ1n) is 7.91. The summed E-state index contributed by atoms with van der Waals surface area (Å²) in [5, 5.41) is 0.880. The van der Waals surface area contributed by atoms with E-state index < -0.39 is 11.0 Å². The fraction of sp³-hybridized carbons (Fsp3) is 0.278. The van der Waals surface area contributed by atoms with Crippen molar-refractivity contribution in [2.45, 2.75) is 31.8 Å². The van der Waals surface area contributed by atoms with E-state index in [4.69, 9.17) is 16.3 Å². The van der Waals surface area contributed by atoms with Gasteiger partial charge >= 0.3 is 0 Å². The van der Waals surface area contributed by atoms with Crippen LogP contribution in [-0.2, 0) is 15.8 Å². The van der Waals surface area contributed by atoms with E-state index >= 15 is 0 Å². The van der Waals surface area contributed by atoms with E-state index in [0.717, 1.165) is 42.0 Å². The maximum Gasteiger partial charge on any atom is 0.257 e. The minimum atomic E-state index is -1.47. The van der Waals surface area contributed by atoms with Crippen LogP contribution in [0.5, 0.6) is 5.75 Å². The minimum Gasteiger partial charge on any atom is -0.486 e. The molecule has 2 aliphatic carbocycles. The number of hydrogen-bond donors (Lipinski definition) is 1. The van der Waals surface area contributed by atoms with Crippen molar-refractivity contribution in [1.82, 2.24) is 4.72 Å². The van der Waals surface area contributed by atoms with Gasteiger partial charge in [-0.2, -0.15) is 0 Å². The van der Waals surface area contributed by atoms with Crippen LogP contribution < -0.4 is 9.46 Å². The highest BCUT2D eigenvalue weighted by Gasteiger charge is 2.30. The highest BCUT2D eigenvalue weighted by molar-refractivity contribution is 7.93. The summed E-state index contributed by atoms with van der Waals surface area (Å²) in [6.07, 6.45) is 7.43. The summed E-state index contributed by atoms with van der Waals surface area (Å²) in [5.41, 5.74) is 3.33. The minimum absolute atomic E-state index is 0.0800.